The highest BCUT2D eigenvalue weighted by atomic mass is 35.5. The zero-order valence-electron chi connectivity index (χ0n) is 22.1. The molecule has 5 rings (SSSR count). The van der Waals surface area contributed by atoms with Crippen LogP contribution in [0, 0.1) is 11.6 Å². The summed E-state index contributed by atoms with van der Waals surface area (Å²) in [4.78, 5) is 32.6. The smallest absolute Gasteiger partial charge is 0.246 e. The first-order valence-electron chi connectivity index (χ1n) is 13.2. The van der Waals surface area contributed by atoms with Crippen molar-refractivity contribution in [3.63, 3.8) is 0 Å². The summed E-state index contributed by atoms with van der Waals surface area (Å²) in [5.41, 5.74) is 0.313. The zero-order valence-corrected chi connectivity index (χ0v) is 24.4. The number of amides is 2. The molecule has 2 aromatic carbocycles. The molecule has 3 heterocycles. The van der Waals surface area contributed by atoms with Gasteiger partial charge in [-0.25, -0.2) is 17.2 Å². The number of nitrogens with zero attached hydrogens (tertiary/aromatic N) is 4. The molecule has 3 aliphatic rings. The third-order valence-corrected chi connectivity index (χ3v) is 10.5. The van der Waals surface area contributed by atoms with E-state index in [1.807, 2.05) is 4.90 Å². The van der Waals surface area contributed by atoms with Crippen molar-refractivity contribution in [3.8, 4) is 0 Å². The average molecular weight is 616 g/mol. The van der Waals surface area contributed by atoms with Crippen LogP contribution in [0.5, 0.6) is 0 Å². The molecule has 2 amide bonds. The third kappa shape index (κ3) is 5.22. The summed E-state index contributed by atoms with van der Waals surface area (Å²) >= 11 is 12.4. The Morgan fingerprint density at radius 3 is 2.27 bits per heavy atom. The maximum atomic E-state index is 14.2. The van der Waals surface area contributed by atoms with Crippen LogP contribution in [0.15, 0.2) is 41.3 Å². The van der Waals surface area contributed by atoms with Crippen molar-refractivity contribution >= 4 is 45.0 Å². The molecule has 3 saturated heterocycles. The molecule has 8 nitrogen and oxygen atoms in total. The number of rotatable bonds is 6. The molecule has 216 valence electrons. The number of fused-ring (bicyclic) bond motifs is 1. The van der Waals surface area contributed by atoms with Gasteiger partial charge in [0.1, 0.15) is 23.1 Å². The minimum atomic E-state index is -4.27. The molecule has 2 aromatic rings. The second-order valence-corrected chi connectivity index (χ2v) is 13.4. The summed E-state index contributed by atoms with van der Waals surface area (Å²) in [7, 11) is -4.27. The summed E-state index contributed by atoms with van der Waals surface area (Å²) in [6, 6.07) is 5.20. The second kappa shape index (κ2) is 11.2. The van der Waals surface area contributed by atoms with Gasteiger partial charge in [0, 0.05) is 24.0 Å². The lowest BCUT2D eigenvalue weighted by molar-refractivity contribution is -0.171. The Bertz CT molecular complexity index is 1440. The van der Waals surface area contributed by atoms with E-state index in [2.05, 4.69) is 0 Å². The number of carbonyl (C=O) groups is 2. The molecule has 0 aromatic heterocycles. The van der Waals surface area contributed by atoms with Gasteiger partial charge >= 0.3 is 0 Å². The van der Waals surface area contributed by atoms with E-state index in [1.165, 1.54) is 38.4 Å². The van der Waals surface area contributed by atoms with Gasteiger partial charge in [-0.15, -0.1) is 0 Å². The Morgan fingerprint density at radius 1 is 0.950 bits per heavy atom. The van der Waals surface area contributed by atoms with E-state index in [9.17, 15) is 26.8 Å². The lowest BCUT2D eigenvalue weighted by atomic mass is 9.96. The van der Waals surface area contributed by atoms with Gasteiger partial charge in [0.15, 0.2) is 11.6 Å². The highest BCUT2D eigenvalue weighted by molar-refractivity contribution is 7.89. The van der Waals surface area contributed by atoms with Gasteiger partial charge < -0.3 is 9.80 Å². The van der Waals surface area contributed by atoms with Crippen molar-refractivity contribution in [1.82, 2.24) is 19.0 Å². The predicted molar refractivity (Wildman–Crippen MR) is 146 cm³/mol. The molecule has 0 saturated carbocycles. The van der Waals surface area contributed by atoms with Crippen LogP contribution in [0.3, 0.4) is 0 Å². The quantitative estimate of drug-likeness (QED) is 0.495. The molecule has 0 spiro atoms. The minimum Gasteiger partial charge on any atom is -0.335 e. The van der Waals surface area contributed by atoms with Gasteiger partial charge in [0.05, 0.1) is 11.6 Å². The van der Waals surface area contributed by atoms with Gasteiger partial charge in [0.2, 0.25) is 21.8 Å². The Hall–Kier alpha value is -2.31. The standard InChI is InChI=1S/C27H30Cl2F2N4O4S/c1-16(2)33-15-25-34(40(38,39)24-8-6-18(28)13-19(24)29)14-23(32-9-3-4-10-32)27(37)35(25)22(26(33)36)12-17-5-7-20(30)21(31)11-17/h5-8,11,13,16,22-23,25H,3-4,9-10,12,14-15H2,1-2H3. The largest absolute Gasteiger partial charge is 0.335 e. The number of benzene rings is 2. The molecule has 0 N–H and O–H groups in total. The lowest BCUT2D eigenvalue weighted by Gasteiger charge is -2.55. The van der Waals surface area contributed by atoms with Gasteiger partial charge in [-0.05, 0) is 75.7 Å². The maximum absolute atomic E-state index is 14.2. The van der Waals surface area contributed by atoms with Crippen LogP contribution in [0.2, 0.25) is 10.0 Å². The van der Waals surface area contributed by atoms with Crippen molar-refractivity contribution in [2.24, 2.45) is 0 Å². The monoisotopic (exact) mass is 614 g/mol. The highest BCUT2D eigenvalue weighted by Crippen LogP contribution is 2.36. The first-order chi connectivity index (χ1) is 18.9. The molecule has 0 radical (unpaired) electrons. The zero-order chi connectivity index (χ0) is 28.9. The lowest BCUT2D eigenvalue weighted by Crippen LogP contribution is -2.76. The summed E-state index contributed by atoms with van der Waals surface area (Å²) in [5.74, 6) is -2.83. The molecule has 3 fully saturated rings. The Morgan fingerprint density at radius 2 is 1.65 bits per heavy atom. The normalized spacial score (nSPS) is 24.7. The first-order valence-corrected chi connectivity index (χ1v) is 15.4. The van der Waals surface area contributed by atoms with Crippen LogP contribution < -0.4 is 0 Å². The number of hydrogen-bond acceptors (Lipinski definition) is 5. The molecule has 0 bridgehead atoms. The van der Waals surface area contributed by atoms with Crippen LogP contribution in [0.25, 0.3) is 0 Å². The van der Waals surface area contributed by atoms with Gasteiger partial charge in [-0.2, -0.15) is 4.31 Å². The van der Waals surface area contributed by atoms with Crippen molar-refractivity contribution < 1.29 is 26.8 Å². The van der Waals surface area contributed by atoms with Crippen molar-refractivity contribution in [3.05, 3.63) is 63.6 Å². The van der Waals surface area contributed by atoms with Crippen LogP contribution in [0.4, 0.5) is 8.78 Å². The van der Waals surface area contributed by atoms with Gasteiger partial charge in [-0.1, -0.05) is 29.3 Å². The molecule has 3 aliphatic heterocycles. The van der Waals surface area contributed by atoms with Crippen molar-refractivity contribution in [2.75, 3.05) is 26.2 Å². The van der Waals surface area contributed by atoms with E-state index in [0.29, 0.717) is 18.7 Å². The van der Waals surface area contributed by atoms with Crippen LogP contribution in [-0.4, -0.2) is 89.7 Å². The molecule has 3 unspecified atom stereocenters. The number of sulfonamides is 1. The Kier molecular flexibility index (Phi) is 8.15. The van der Waals surface area contributed by atoms with Crippen molar-refractivity contribution in [2.45, 2.75) is 62.3 Å². The molecule has 40 heavy (non-hydrogen) atoms. The fourth-order valence-corrected chi connectivity index (χ4v) is 8.20. The number of piperazine rings is 1. The van der Waals surface area contributed by atoms with Crippen LogP contribution in [-0.2, 0) is 26.0 Å². The minimum absolute atomic E-state index is 0.0479. The van der Waals surface area contributed by atoms with E-state index < -0.39 is 39.9 Å². The Labute approximate surface area is 242 Å². The predicted octanol–water partition coefficient (Wildman–Crippen LogP) is 3.76. The fourth-order valence-electron chi connectivity index (χ4n) is 5.88. The number of likely N-dealkylation sites (tertiary alicyclic amines) is 1. The topological polar surface area (TPSA) is 81.2 Å². The molecular formula is C27H30Cl2F2N4O4S. The molecular weight excluding hydrogens is 585 g/mol. The average Bonchev–Trinajstić information content (AvgIpc) is 3.42. The summed E-state index contributed by atoms with van der Waals surface area (Å²) < 4.78 is 57.4. The van der Waals surface area contributed by atoms with E-state index >= 15 is 0 Å². The van der Waals surface area contributed by atoms with Crippen LogP contribution >= 0.6 is 23.2 Å². The molecule has 0 aliphatic carbocycles. The van der Waals surface area contributed by atoms with E-state index in [-0.39, 0.29) is 52.3 Å². The number of carbonyl (C=O) groups excluding carboxylic acids is 2. The SMILES string of the molecule is CC(C)N1CC2N(C(=O)C(N3CCCC3)CN2S(=O)(=O)c2ccc(Cl)cc2Cl)C(Cc2ccc(F)c(F)c2)C1=O. The van der Waals surface area contributed by atoms with Gasteiger partial charge in [0.25, 0.3) is 0 Å². The number of hydrogen-bond donors (Lipinski definition) is 0. The highest BCUT2D eigenvalue weighted by Gasteiger charge is 2.55. The fraction of sp³-hybridized carbons (Fsp3) is 0.481. The Balaban J connectivity index is 1.63. The summed E-state index contributed by atoms with van der Waals surface area (Å²) in [6.45, 7) is 4.67. The van der Waals surface area contributed by atoms with E-state index in [1.54, 1.807) is 13.8 Å². The second-order valence-electron chi connectivity index (χ2n) is 10.7. The first kappa shape index (κ1) is 29.2. The molecule has 13 heteroatoms. The third-order valence-electron chi connectivity index (χ3n) is 7.91. The summed E-state index contributed by atoms with van der Waals surface area (Å²) in [6.07, 6.45) is 0.588. The van der Waals surface area contributed by atoms with E-state index in [4.69, 9.17) is 23.2 Å². The molecule has 3 atom stereocenters. The number of halogens is 4. The maximum Gasteiger partial charge on any atom is 0.246 e. The van der Waals surface area contributed by atoms with E-state index in [0.717, 1.165) is 25.0 Å². The van der Waals surface area contributed by atoms with Crippen molar-refractivity contribution in [1.29, 1.82) is 0 Å². The van der Waals surface area contributed by atoms with Gasteiger partial charge in [-0.3, -0.25) is 14.5 Å². The van der Waals surface area contributed by atoms with Crippen LogP contribution in [0.1, 0.15) is 32.3 Å². The summed E-state index contributed by atoms with van der Waals surface area (Å²) in [5, 5.41) is 0.217.